The smallest absolute Gasteiger partial charge is 0.303 e. The maximum Gasteiger partial charge on any atom is 0.303 e. The molecule has 2 N–H and O–H groups in total. The lowest BCUT2D eigenvalue weighted by molar-refractivity contribution is -0.137. The number of anilines is 1. The number of carboxylic acid groups (broad SMARTS) is 1. The van der Waals surface area contributed by atoms with Gasteiger partial charge in [-0.2, -0.15) is 0 Å². The summed E-state index contributed by atoms with van der Waals surface area (Å²) in [6, 6.07) is 10.6. The molecule has 0 radical (unpaired) electrons. The second kappa shape index (κ2) is 14.4. The van der Waals surface area contributed by atoms with E-state index in [0.29, 0.717) is 54.3 Å². The number of likely N-dealkylation sites (tertiary alicyclic amines) is 1. The number of rotatable bonds is 13. The molecule has 11 heteroatoms. The van der Waals surface area contributed by atoms with E-state index in [1.807, 2.05) is 42.8 Å². The van der Waals surface area contributed by atoms with Crippen LogP contribution in [0.15, 0.2) is 42.6 Å². The lowest BCUT2D eigenvalue weighted by Crippen LogP contribution is -2.40. The quantitative estimate of drug-likeness (QED) is 0.245. The number of halogens is 2. The minimum atomic E-state index is -0.820. The molecule has 0 aliphatic carbocycles. The fourth-order valence-electron chi connectivity index (χ4n) is 5.44. The van der Waals surface area contributed by atoms with Gasteiger partial charge >= 0.3 is 5.97 Å². The lowest BCUT2D eigenvalue weighted by Gasteiger charge is -2.27. The van der Waals surface area contributed by atoms with Crippen LogP contribution < -0.4 is 5.32 Å². The number of aromatic nitrogens is 1. The highest BCUT2D eigenvalue weighted by atomic mass is 35.5. The van der Waals surface area contributed by atoms with Crippen molar-refractivity contribution in [1.29, 1.82) is 0 Å². The van der Waals surface area contributed by atoms with Crippen molar-refractivity contribution in [3.63, 3.8) is 0 Å². The second-order valence-electron chi connectivity index (χ2n) is 10.7. The third-order valence-corrected chi connectivity index (χ3v) is 8.46. The van der Waals surface area contributed by atoms with Gasteiger partial charge in [0, 0.05) is 49.2 Å². The van der Waals surface area contributed by atoms with Crippen LogP contribution >= 0.6 is 23.2 Å². The van der Waals surface area contributed by atoms with Crippen LogP contribution in [0.4, 0.5) is 5.69 Å². The molecule has 2 amide bonds. The number of hydrogen-bond donors (Lipinski definition) is 2. The number of hydrogen-bond acceptors (Lipinski definition) is 5. The lowest BCUT2D eigenvalue weighted by atomic mass is 10.1. The zero-order valence-electron chi connectivity index (χ0n) is 24.1. The number of aryl methyl sites for hydroxylation is 1. The van der Waals surface area contributed by atoms with Crippen molar-refractivity contribution in [1.82, 2.24) is 9.47 Å². The molecular formula is C31H37Cl2N3O6. The molecule has 4 rings (SSSR count). The first kappa shape index (κ1) is 31.8. The largest absolute Gasteiger partial charge is 0.481 e. The number of nitrogens with one attached hydrogen (secondary N) is 1. The second-order valence-corrected chi connectivity index (χ2v) is 11.5. The number of methoxy groups -OCH3 is 1. The Morgan fingerprint density at radius 1 is 1.17 bits per heavy atom. The van der Waals surface area contributed by atoms with Crippen molar-refractivity contribution in [2.45, 2.75) is 63.7 Å². The van der Waals surface area contributed by atoms with Gasteiger partial charge in [0.2, 0.25) is 5.91 Å². The molecule has 1 aliphatic heterocycles. The Kier molecular flexibility index (Phi) is 10.9. The molecule has 0 bridgehead atoms. The monoisotopic (exact) mass is 617 g/mol. The number of nitrogens with zero attached hydrogens (tertiary/aromatic N) is 2. The van der Waals surface area contributed by atoms with Crippen molar-refractivity contribution in [3.8, 4) is 0 Å². The van der Waals surface area contributed by atoms with E-state index in [1.54, 1.807) is 30.3 Å². The van der Waals surface area contributed by atoms with E-state index in [4.69, 9.17) is 37.8 Å². The molecule has 1 aliphatic rings. The van der Waals surface area contributed by atoms with E-state index in [1.165, 1.54) is 0 Å². The standard InChI is InChI=1S/C31H37Cl2N3O6/c1-4-21(8-7-11-30(38)39)42-18-20-14-22(41-3)16-36(20)29(37)13-19-12-26(33)27(15-25(19)32)34-31(40)24-17-35(2)28-10-6-5-9-23(24)28/h5-6,9-10,12,15,17,20-22H,4,7-8,11,13-14,16,18H2,1-3H3,(H,34,40)(H,38,39)/t20-,21?,22-/m0/s1. The zero-order valence-corrected chi connectivity index (χ0v) is 25.6. The van der Waals surface area contributed by atoms with Crippen molar-refractivity contribution in [2.24, 2.45) is 7.05 Å². The van der Waals surface area contributed by atoms with Gasteiger partial charge in [-0.05, 0) is 49.4 Å². The van der Waals surface area contributed by atoms with E-state index in [0.717, 1.165) is 17.3 Å². The summed E-state index contributed by atoms with van der Waals surface area (Å²) >= 11 is 13.1. The van der Waals surface area contributed by atoms with Crippen LogP contribution in [0.5, 0.6) is 0 Å². The van der Waals surface area contributed by atoms with E-state index >= 15 is 0 Å². The van der Waals surface area contributed by atoms with Gasteiger partial charge in [-0.1, -0.05) is 48.3 Å². The molecule has 3 atom stereocenters. The number of carbonyl (C=O) groups is 3. The fraction of sp³-hybridized carbons (Fsp3) is 0.452. The summed E-state index contributed by atoms with van der Waals surface area (Å²) in [6.45, 7) is 2.77. The number of benzene rings is 2. The molecule has 0 saturated carbocycles. The number of carbonyl (C=O) groups excluding carboxylic acids is 2. The van der Waals surface area contributed by atoms with Gasteiger partial charge in [-0.25, -0.2) is 0 Å². The third-order valence-electron chi connectivity index (χ3n) is 7.79. The van der Waals surface area contributed by atoms with Gasteiger partial charge in [0.25, 0.3) is 5.91 Å². The maximum absolute atomic E-state index is 13.5. The van der Waals surface area contributed by atoms with Crippen molar-refractivity contribution in [3.05, 3.63) is 63.8 Å². The van der Waals surface area contributed by atoms with Gasteiger partial charge in [-0.3, -0.25) is 14.4 Å². The molecule has 226 valence electrons. The maximum atomic E-state index is 13.5. The molecule has 1 unspecified atom stereocenters. The van der Waals surface area contributed by atoms with Crippen molar-refractivity contribution < 1.29 is 29.0 Å². The van der Waals surface area contributed by atoms with Crippen molar-refractivity contribution >= 4 is 57.6 Å². The third kappa shape index (κ3) is 7.64. The summed E-state index contributed by atoms with van der Waals surface area (Å²) < 4.78 is 13.6. The first-order valence-corrected chi connectivity index (χ1v) is 14.9. The molecule has 9 nitrogen and oxygen atoms in total. The summed E-state index contributed by atoms with van der Waals surface area (Å²) in [6.07, 6.45) is 4.30. The summed E-state index contributed by atoms with van der Waals surface area (Å²) in [5.41, 5.74) is 2.36. The minimum Gasteiger partial charge on any atom is -0.481 e. The van der Waals surface area contributed by atoms with E-state index < -0.39 is 5.97 Å². The first-order chi connectivity index (χ1) is 20.1. The molecule has 1 aromatic heterocycles. The predicted molar refractivity (Wildman–Crippen MR) is 163 cm³/mol. The van der Waals surface area contributed by atoms with Crippen LogP contribution in [-0.4, -0.2) is 70.9 Å². The molecule has 1 fully saturated rings. The molecule has 2 heterocycles. The average Bonchev–Trinajstić information content (AvgIpc) is 3.54. The van der Waals surface area contributed by atoms with Crippen LogP contribution in [-0.2, 0) is 32.5 Å². The van der Waals surface area contributed by atoms with Gasteiger partial charge in [0.1, 0.15) is 0 Å². The predicted octanol–water partition coefficient (Wildman–Crippen LogP) is 5.95. The van der Waals surface area contributed by atoms with Crippen LogP contribution in [0.2, 0.25) is 10.0 Å². The minimum absolute atomic E-state index is 0.0266. The van der Waals surface area contributed by atoms with E-state index in [-0.39, 0.29) is 47.9 Å². The molecule has 0 spiro atoms. The summed E-state index contributed by atoms with van der Waals surface area (Å²) in [5.74, 6) is -1.26. The van der Waals surface area contributed by atoms with Gasteiger partial charge in [0.05, 0.1) is 47.6 Å². The number of fused-ring (bicyclic) bond motifs is 1. The molecule has 42 heavy (non-hydrogen) atoms. The SMILES string of the molecule is CCC(CCCC(=O)O)OC[C@@H]1C[C@H](OC)CN1C(=O)Cc1cc(Cl)c(NC(=O)c2cn(C)c3ccccc23)cc1Cl. The van der Waals surface area contributed by atoms with E-state index in [2.05, 4.69) is 5.32 Å². The Morgan fingerprint density at radius 3 is 2.64 bits per heavy atom. The van der Waals surface area contributed by atoms with Gasteiger partial charge in [-0.15, -0.1) is 0 Å². The van der Waals surface area contributed by atoms with E-state index in [9.17, 15) is 14.4 Å². The number of aliphatic carboxylic acids is 1. The molecular weight excluding hydrogens is 581 g/mol. The average molecular weight is 619 g/mol. The Morgan fingerprint density at radius 2 is 1.93 bits per heavy atom. The van der Waals surface area contributed by atoms with Gasteiger partial charge in [0.15, 0.2) is 0 Å². The Bertz CT molecular complexity index is 1440. The number of ether oxygens (including phenoxy) is 2. The molecule has 2 aromatic carbocycles. The highest BCUT2D eigenvalue weighted by Crippen LogP contribution is 2.32. The summed E-state index contributed by atoms with van der Waals surface area (Å²) in [4.78, 5) is 39.2. The summed E-state index contributed by atoms with van der Waals surface area (Å²) in [5, 5.41) is 13.2. The summed E-state index contributed by atoms with van der Waals surface area (Å²) in [7, 11) is 3.50. The topological polar surface area (TPSA) is 110 Å². The van der Waals surface area contributed by atoms with Crippen LogP contribution in [0.3, 0.4) is 0 Å². The normalized spacial score (nSPS) is 17.5. The highest BCUT2D eigenvalue weighted by molar-refractivity contribution is 6.36. The number of para-hydroxylation sites is 1. The van der Waals surface area contributed by atoms with Crippen LogP contribution in [0, 0.1) is 0 Å². The van der Waals surface area contributed by atoms with Crippen LogP contribution in [0.25, 0.3) is 10.9 Å². The Hall–Kier alpha value is -3.11. The number of carboxylic acids is 1. The van der Waals surface area contributed by atoms with Crippen LogP contribution in [0.1, 0.15) is 54.9 Å². The Labute approximate surface area is 255 Å². The fourth-order valence-corrected chi connectivity index (χ4v) is 5.90. The molecule has 3 aromatic rings. The Balaban J connectivity index is 1.42. The number of amides is 2. The molecule has 1 saturated heterocycles. The first-order valence-electron chi connectivity index (χ1n) is 14.1. The van der Waals surface area contributed by atoms with Crippen molar-refractivity contribution in [2.75, 3.05) is 25.6 Å². The zero-order chi connectivity index (χ0) is 30.4. The van der Waals surface area contributed by atoms with Gasteiger partial charge < -0.3 is 29.4 Å². The highest BCUT2D eigenvalue weighted by Gasteiger charge is 2.36.